The number of carbonyl (C=O) groups is 2. The number of aliphatic hydroxyl groups excluding tert-OH is 1. The molecule has 3 atom stereocenters. The molecule has 0 saturated heterocycles. The van der Waals surface area contributed by atoms with E-state index < -0.39 is 35.3 Å². The molecule has 162 valence electrons. The molecule has 0 aliphatic carbocycles. The lowest BCUT2D eigenvalue weighted by Gasteiger charge is -2.35. The Kier molecular flexibility index (Phi) is 5.13. The van der Waals surface area contributed by atoms with Crippen molar-refractivity contribution >= 4 is 17.8 Å². The van der Waals surface area contributed by atoms with Crippen LogP contribution >= 0.6 is 0 Å². The molecule has 2 heterocycles. The van der Waals surface area contributed by atoms with Gasteiger partial charge in [0.2, 0.25) is 0 Å². The maximum atomic E-state index is 13.3. The minimum atomic E-state index is -0.937. The first-order valence-electron chi connectivity index (χ1n) is 10.4. The van der Waals surface area contributed by atoms with Gasteiger partial charge < -0.3 is 19.7 Å². The highest BCUT2D eigenvalue weighted by molar-refractivity contribution is 6.06. The average Bonchev–Trinajstić information content (AvgIpc) is 2.72. The van der Waals surface area contributed by atoms with Crippen LogP contribution in [0.5, 0.6) is 17.2 Å². The van der Waals surface area contributed by atoms with E-state index in [1.165, 1.54) is 6.92 Å². The number of fused-ring (bicyclic) bond motifs is 3. The zero-order valence-corrected chi connectivity index (χ0v) is 18.0. The molecule has 0 fully saturated rings. The Morgan fingerprint density at radius 1 is 1.16 bits per heavy atom. The van der Waals surface area contributed by atoms with Gasteiger partial charge in [-0.3, -0.25) is 9.59 Å². The molecule has 6 heteroatoms. The number of aliphatic hydroxyl groups is 1. The van der Waals surface area contributed by atoms with Crippen molar-refractivity contribution in [3.8, 4) is 17.2 Å². The maximum absolute atomic E-state index is 13.3. The summed E-state index contributed by atoms with van der Waals surface area (Å²) in [5, 5.41) is 21.1. The van der Waals surface area contributed by atoms with Crippen molar-refractivity contribution in [2.75, 3.05) is 0 Å². The van der Waals surface area contributed by atoms with Gasteiger partial charge in [0.05, 0.1) is 18.1 Å². The molecule has 0 saturated carbocycles. The van der Waals surface area contributed by atoms with Gasteiger partial charge in [-0.05, 0) is 38.5 Å². The van der Waals surface area contributed by atoms with E-state index in [0.717, 1.165) is 5.56 Å². The minimum Gasteiger partial charge on any atom is -0.506 e. The lowest BCUT2D eigenvalue weighted by molar-refractivity contribution is -0.135. The topological polar surface area (TPSA) is 93.1 Å². The number of phenols is 1. The number of aromatic hydroxyl groups is 1. The third-order valence-electron chi connectivity index (χ3n) is 5.99. The maximum Gasteiger partial charge on any atom is 0.312 e. The van der Waals surface area contributed by atoms with Crippen molar-refractivity contribution in [2.45, 2.75) is 51.7 Å². The second-order valence-corrected chi connectivity index (χ2v) is 8.78. The summed E-state index contributed by atoms with van der Waals surface area (Å²) in [5.41, 5.74) is 1.08. The van der Waals surface area contributed by atoms with Gasteiger partial charge in [-0.15, -0.1) is 0 Å². The summed E-state index contributed by atoms with van der Waals surface area (Å²) in [7, 11) is 0. The van der Waals surface area contributed by atoms with Crippen molar-refractivity contribution in [2.24, 2.45) is 5.92 Å². The fourth-order valence-corrected chi connectivity index (χ4v) is 4.07. The van der Waals surface area contributed by atoms with Crippen LogP contribution in [0.3, 0.4) is 0 Å². The number of ether oxygens (including phenoxy) is 2. The molecule has 0 aromatic heterocycles. The van der Waals surface area contributed by atoms with E-state index in [1.807, 2.05) is 44.2 Å². The Bertz CT molecular complexity index is 1080. The molecular formula is C25H26O6. The SMILES string of the molecule is C[C@@H](O)[C@@H](C)C(=O)c1c(O)c2c(c3c1OC(=O)C[C@@H]3c1ccccc1)OC(C)(C)C=C2. The Balaban J connectivity index is 2.05. The third-order valence-corrected chi connectivity index (χ3v) is 5.99. The molecule has 0 bridgehead atoms. The van der Waals surface area contributed by atoms with Crippen molar-refractivity contribution in [3.05, 3.63) is 58.7 Å². The van der Waals surface area contributed by atoms with Gasteiger partial charge in [0, 0.05) is 17.4 Å². The second kappa shape index (κ2) is 7.54. The number of Topliss-reactive ketones (excluding diaryl/α,β-unsaturated/α-hetero) is 1. The molecule has 0 radical (unpaired) electrons. The molecule has 2 aliphatic rings. The zero-order valence-electron chi connectivity index (χ0n) is 18.0. The lowest BCUT2D eigenvalue weighted by Crippen LogP contribution is -2.32. The second-order valence-electron chi connectivity index (χ2n) is 8.78. The number of hydrogen-bond donors (Lipinski definition) is 2. The molecule has 0 amide bonds. The number of carbonyl (C=O) groups excluding carboxylic acids is 2. The summed E-state index contributed by atoms with van der Waals surface area (Å²) < 4.78 is 11.8. The van der Waals surface area contributed by atoms with Gasteiger partial charge in [-0.25, -0.2) is 0 Å². The van der Waals surface area contributed by atoms with Crippen LogP contribution < -0.4 is 9.47 Å². The molecule has 2 N–H and O–H groups in total. The Hall–Kier alpha value is -3.12. The predicted octanol–water partition coefficient (Wildman–Crippen LogP) is 4.22. The van der Waals surface area contributed by atoms with Gasteiger partial charge in [0.15, 0.2) is 11.5 Å². The summed E-state index contributed by atoms with van der Waals surface area (Å²) in [6, 6.07) is 9.48. The smallest absolute Gasteiger partial charge is 0.312 e. The molecule has 2 aromatic carbocycles. The first kappa shape index (κ1) is 21.1. The van der Waals surface area contributed by atoms with E-state index in [2.05, 4.69) is 0 Å². The highest BCUT2D eigenvalue weighted by Gasteiger charge is 2.41. The quantitative estimate of drug-likeness (QED) is 0.435. The molecule has 2 aromatic rings. The fraction of sp³-hybridized carbons (Fsp3) is 0.360. The van der Waals surface area contributed by atoms with Gasteiger partial charge in [0.1, 0.15) is 22.7 Å². The standard InChI is InChI=1S/C25H26O6/c1-13(14(2)26)21(28)20-22(29)16-10-11-25(3,4)31-23(16)19-17(12-18(27)30-24(19)20)15-8-6-5-7-9-15/h5-11,13-14,17,26,29H,12H2,1-4H3/t13-,14-,17-/m1/s1. The molecule has 2 aliphatic heterocycles. The molecule has 0 unspecified atom stereocenters. The van der Waals surface area contributed by atoms with Crippen molar-refractivity contribution in [1.29, 1.82) is 0 Å². The summed E-state index contributed by atoms with van der Waals surface area (Å²) in [4.78, 5) is 25.8. The van der Waals surface area contributed by atoms with E-state index in [0.29, 0.717) is 16.9 Å². The first-order chi connectivity index (χ1) is 14.6. The summed E-state index contributed by atoms with van der Waals surface area (Å²) in [6.45, 7) is 6.86. The number of ketones is 1. The number of phenolic OH excluding ortho intramolecular Hbond substituents is 1. The first-order valence-corrected chi connectivity index (χ1v) is 10.4. The fourth-order valence-electron chi connectivity index (χ4n) is 4.07. The van der Waals surface area contributed by atoms with E-state index >= 15 is 0 Å². The zero-order chi connectivity index (χ0) is 22.5. The Labute approximate surface area is 181 Å². The number of rotatable bonds is 4. The molecule has 31 heavy (non-hydrogen) atoms. The molecule has 0 spiro atoms. The van der Waals surface area contributed by atoms with Crippen LogP contribution in [0, 0.1) is 5.92 Å². The predicted molar refractivity (Wildman–Crippen MR) is 116 cm³/mol. The molecule has 6 nitrogen and oxygen atoms in total. The van der Waals surface area contributed by atoms with Gasteiger partial charge in [-0.2, -0.15) is 0 Å². The third kappa shape index (κ3) is 3.61. The van der Waals surface area contributed by atoms with E-state index in [9.17, 15) is 19.8 Å². The Morgan fingerprint density at radius 3 is 2.48 bits per heavy atom. The van der Waals surface area contributed by atoms with Gasteiger partial charge >= 0.3 is 5.97 Å². The molecule has 4 rings (SSSR count). The average molecular weight is 422 g/mol. The highest BCUT2D eigenvalue weighted by atomic mass is 16.5. The van der Waals surface area contributed by atoms with Crippen molar-refractivity contribution in [3.63, 3.8) is 0 Å². The van der Waals surface area contributed by atoms with E-state index in [4.69, 9.17) is 9.47 Å². The Morgan fingerprint density at radius 2 is 1.84 bits per heavy atom. The van der Waals surface area contributed by atoms with Crippen LogP contribution in [0.2, 0.25) is 0 Å². The normalized spacial score (nSPS) is 20.7. The van der Waals surface area contributed by atoms with Crippen molar-refractivity contribution < 1.29 is 29.3 Å². The van der Waals surface area contributed by atoms with Gasteiger partial charge in [0.25, 0.3) is 0 Å². The van der Waals surface area contributed by atoms with Crippen LogP contribution in [-0.4, -0.2) is 33.7 Å². The highest BCUT2D eigenvalue weighted by Crippen LogP contribution is 2.54. The summed E-state index contributed by atoms with van der Waals surface area (Å²) in [5.74, 6) is -2.07. The van der Waals surface area contributed by atoms with Crippen LogP contribution in [0.1, 0.15) is 67.1 Å². The van der Waals surface area contributed by atoms with Crippen LogP contribution in [-0.2, 0) is 4.79 Å². The minimum absolute atomic E-state index is 0.0185. The van der Waals surface area contributed by atoms with Crippen LogP contribution in [0.4, 0.5) is 0 Å². The molecular weight excluding hydrogens is 396 g/mol. The van der Waals surface area contributed by atoms with Crippen LogP contribution in [0.25, 0.3) is 6.08 Å². The number of benzene rings is 2. The lowest BCUT2D eigenvalue weighted by atomic mass is 9.80. The van der Waals surface area contributed by atoms with Crippen molar-refractivity contribution in [1.82, 2.24) is 0 Å². The number of hydrogen-bond acceptors (Lipinski definition) is 6. The largest absolute Gasteiger partial charge is 0.506 e. The van der Waals surface area contributed by atoms with E-state index in [1.54, 1.807) is 19.1 Å². The number of esters is 1. The monoisotopic (exact) mass is 422 g/mol. The van der Waals surface area contributed by atoms with E-state index in [-0.39, 0.29) is 23.5 Å². The van der Waals surface area contributed by atoms with Gasteiger partial charge in [-0.1, -0.05) is 37.3 Å². The summed E-state index contributed by atoms with van der Waals surface area (Å²) in [6.07, 6.45) is 2.69. The van der Waals surface area contributed by atoms with Crippen LogP contribution in [0.15, 0.2) is 36.4 Å². The summed E-state index contributed by atoms with van der Waals surface area (Å²) >= 11 is 0.